The van der Waals surface area contributed by atoms with Gasteiger partial charge in [0.15, 0.2) is 5.79 Å². The normalized spacial score (nSPS) is 9.33. The third-order valence-electron chi connectivity index (χ3n) is 1.51. The summed E-state index contributed by atoms with van der Waals surface area (Å²) >= 11 is 0. The van der Waals surface area contributed by atoms with E-state index >= 15 is 0 Å². The molecule has 10 heteroatoms. The summed E-state index contributed by atoms with van der Waals surface area (Å²) in [5.74, 6) is -0.650. The number of carboxylic acid groups (broad SMARTS) is 4. The fourth-order valence-corrected chi connectivity index (χ4v) is 0.518. The molecular formula is C8H18O10. The Hall–Kier alpha value is -1.62. The molecule has 0 saturated heterocycles. The van der Waals surface area contributed by atoms with Gasteiger partial charge in [0.25, 0.3) is 0 Å². The zero-order valence-corrected chi connectivity index (χ0v) is 10.2. The van der Waals surface area contributed by atoms with Gasteiger partial charge < -0.3 is 29.9 Å². The molecule has 0 saturated carbocycles. The van der Waals surface area contributed by atoms with Gasteiger partial charge in [0.2, 0.25) is 0 Å². The number of carbonyl (C=O) groups is 2. The van der Waals surface area contributed by atoms with Crippen LogP contribution in [0, 0.1) is 0 Å². The highest BCUT2D eigenvalue weighted by atomic mass is 17.1. The van der Waals surface area contributed by atoms with E-state index in [-0.39, 0.29) is 6.61 Å². The van der Waals surface area contributed by atoms with Gasteiger partial charge in [-0.2, -0.15) is 0 Å². The van der Waals surface area contributed by atoms with Gasteiger partial charge >= 0.3 is 12.3 Å². The fraction of sp³-hybridized carbons (Fsp3) is 0.750. The van der Waals surface area contributed by atoms with E-state index in [0.29, 0.717) is 6.42 Å². The first kappa shape index (κ1) is 21.6. The van der Waals surface area contributed by atoms with Crippen LogP contribution in [-0.4, -0.2) is 64.6 Å². The van der Waals surface area contributed by atoms with Crippen molar-refractivity contribution < 1.29 is 49.6 Å². The molecule has 0 heterocycles. The molecule has 0 spiro atoms. The molecule has 0 aliphatic heterocycles. The van der Waals surface area contributed by atoms with Crippen molar-refractivity contribution in [3.8, 4) is 0 Å². The first-order valence-corrected chi connectivity index (χ1v) is 4.35. The van der Waals surface area contributed by atoms with Crippen molar-refractivity contribution in [3.05, 3.63) is 0 Å². The Morgan fingerprint density at radius 2 is 1.28 bits per heavy atom. The first-order chi connectivity index (χ1) is 8.15. The molecule has 0 amide bonds. The Morgan fingerprint density at radius 3 is 1.44 bits per heavy atom. The zero-order chi connectivity index (χ0) is 15.2. The Kier molecular flexibility index (Phi) is 16.2. The van der Waals surface area contributed by atoms with Crippen LogP contribution >= 0.6 is 0 Å². The average molecular weight is 274 g/mol. The van der Waals surface area contributed by atoms with Gasteiger partial charge in [-0.1, -0.05) is 0 Å². The third kappa shape index (κ3) is 29.3. The number of ether oxygens (including phenoxy) is 2. The van der Waals surface area contributed by atoms with Crippen LogP contribution in [0.1, 0.15) is 13.3 Å². The lowest BCUT2D eigenvalue weighted by molar-refractivity contribution is -0.270. The Balaban J connectivity index is -0.000000233. The maximum Gasteiger partial charge on any atom is 0.503 e. The summed E-state index contributed by atoms with van der Waals surface area (Å²) in [4.78, 5) is 21.0. The van der Waals surface area contributed by atoms with Crippen molar-refractivity contribution in [1.82, 2.24) is 0 Å². The van der Waals surface area contributed by atoms with Gasteiger partial charge in [0.05, 0.1) is 6.61 Å². The Labute approximate surface area is 103 Å². The van der Waals surface area contributed by atoms with E-state index in [0.717, 1.165) is 0 Å². The second-order valence-corrected chi connectivity index (χ2v) is 2.69. The zero-order valence-electron chi connectivity index (χ0n) is 10.2. The Bertz CT molecular complexity index is 192. The van der Waals surface area contributed by atoms with Gasteiger partial charge in [-0.05, 0) is 6.92 Å². The molecule has 0 rings (SSSR count). The monoisotopic (exact) mass is 274 g/mol. The van der Waals surface area contributed by atoms with E-state index in [9.17, 15) is 0 Å². The molecule has 10 nitrogen and oxygen atoms in total. The van der Waals surface area contributed by atoms with E-state index in [2.05, 4.69) is 4.89 Å². The van der Waals surface area contributed by atoms with Gasteiger partial charge in [0, 0.05) is 20.6 Å². The predicted molar refractivity (Wildman–Crippen MR) is 56.9 cm³/mol. The molecule has 0 atom stereocenters. The first-order valence-electron chi connectivity index (χ1n) is 4.35. The summed E-state index contributed by atoms with van der Waals surface area (Å²) < 4.78 is 9.95. The van der Waals surface area contributed by atoms with Crippen LogP contribution in [0.15, 0.2) is 0 Å². The quantitative estimate of drug-likeness (QED) is 0.280. The van der Waals surface area contributed by atoms with Crippen LogP contribution < -0.4 is 0 Å². The highest BCUT2D eigenvalue weighted by molar-refractivity contribution is 5.53. The summed E-state index contributed by atoms with van der Waals surface area (Å²) in [6.07, 6.45) is -3.17. The molecule has 0 unspecified atom stereocenters. The van der Waals surface area contributed by atoms with Crippen LogP contribution in [0.3, 0.4) is 0 Å². The van der Waals surface area contributed by atoms with Crippen molar-refractivity contribution >= 4 is 12.3 Å². The van der Waals surface area contributed by atoms with Crippen LogP contribution in [0.4, 0.5) is 9.59 Å². The van der Waals surface area contributed by atoms with E-state index in [1.165, 1.54) is 0 Å². The second-order valence-electron chi connectivity index (χ2n) is 2.69. The minimum absolute atomic E-state index is 0.207. The highest BCUT2D eigenvalue weighted by Gasteiger charge is 2.21. The van der Waals surface area contributed by atoms with Crippen LogP contribution in [-0.2, 0) is 14.4 Å². The van der Waals surface area contributed by atoms with E-state index in [4.69, 9.17) is 44.7 Å². The molecule has 0 fully saturated rings. The van der Waals surface area contributed by atoms with Gasteiger partial charge in [-0.25, -0.2) is 14.5 Å². The maximum absolute atomic E-state index is 8.56. The summed E-state index contributed by atoms with van der Waals surface area (Å²) in [6, 6.07) is 0. The summed E-state index contributed by atoms with van der Waals surface area (Å²) in [7, 11) is 3.09. The molecule has 110 valence electrons. The largest absolute Gasteiger partial charge is 0.503 e. The van der Waals surface area contributed by atoms with Crippen molar-refractivity contribution in [2.24, 2.45) is 0 Å². The molecular weight excluding hydrogens is 256 g/mol. The van der Waals surface area contributed by atoms with Crippen molar-refractivity contribution in [1.29, 1.82) is 0 Å². The summed E-state index contributed by atoms with van der Waals surface area (Å²) in [6.45, 7) is 1.98. The summed E-state index contributed by atoms with van der Waals surface area (Å²) in [5, 5.41) is 35.9. The maximum atomic E-state index is 8.56. The topological polar surface area (TPSA) is 163 Å². The molecule has 0 aromatic rings. The Morgan fingerprint density at radius 1 is 1.00 bits per heavy atom. The molecule has 0 bridgehead atoms. The molecule has 18 heavy (non-hydrogen) atoms. The van der Waals surface area contributed by atoms with Crippen LogP contribution in [0.2, 0.25) is 0 Å². The van der Waals surface area contributed by atoms with Crippen molar-refractivity contribution in [2.75, 3.05) is 20.8 Å². The summed E-state index contributed by atoms with van der Waals surface area (Å²) in [5.41, 5.74) is 0. The number of hydrogen-bond donors (Lipinski definition) is 5. The minimum Gasteiger partial charge on any atom is -0.450 e. The van der Waals surface area contributed by atoms with E-state index in [1.54, 1.807) is 21.1 Å². The van der Waals surface area contributed by atoms with E-state index in [1.807, 2.05) is 0 Å². The fourth-order valence-electron chi connectivity index (χ4n) is 0.518. The SMILES string of the molecule is COC(C)(CCOO)OC.O=C(O)O.O=C(O)O. The van der Waals surface area contributed by atoms with Crippen molar-refractivity contribution in [2.45, 2.75) is 19.1 Å². The average Bonchev–Trinajstić information content (AvgIpc) is 2.24. The lowest BCUT2D eigenvalue weighted by atomic mass is 10.2. The van der Waals surface area contributed by atoms with Gasteiger partial charge in [0.1, 0.15) is 0 Å². The molecule has 0 radical (unpaired) electrons. The number of hydrogen-bond acceptors (Lipinski definition) is 6. The van der Waals surface area contributed by atoms with Crippen LogP contribution in [0.5, 0.6) is 0 Å². The van der Waals surface area contributed by atoms with Gasteiger partial charge in [-0.3, -0.25) is 5.26 Å². The predicted octanol–water partition coefficient (Wildman–Crippen LogP) is 1.32. The molecule has 0 aromatic carbocycles. The smallest absolute Gasteiger partial charge is 0.450 e. The van der Waals surface area contributed by atoms with Crippen LogP contribution in [0.25, 0.3) is 0 Å². The highest BCUT2D eigenvalue weighted by Crippen LogP contribution is 2.14. The lowest BCUT2D eigenvalue weighted by Gasteiger charge is -2.25. The standard InChI is InChI=1S/C6H14O4.2CH2O3/c1-6(8-2,9-3)4-5-10-7;2*2-1(3)4/h7H,4-5H2,1-3H3;2*(H2,2,3,4). The minimum atomic E-state index is -1.83. The molecule has 0 aromatic heterocycles. The molecule has 5 N–H and O–H groups in total. The molecule has 0 aliphatic rings. The number of rotatable bonds is 5. The third-order valence-corrected chi connectivity index (χ3v) is 1.51. The van der Waals surface area contributed by atoms with Gasteiger partial charge in [-0.15, -0.1) is 0 Å². The lowest BCUT2D eigenvalue weighted by Crippen LogP contribution is -2.30. The second kappa shape index (κ2) is 13.4. The molecule has 0 aliphatic carbocycles. The number of methoxy groups -OCH3 is 2. The van der Waals surface area contributed by atoms with E-state index < -0.39 is 18.1 Å². The van der Waals surface area contributed by atoms with Crippen molar-refractivity contribution in [3.63, 3.8) is 0 Å².